The van der Waals surface area contributed by atoms with Gasteiger partial charge in [-0.15, -0.1) is 0 Å². The van der Waals surface area contributed by atoms with Crippen molar-refractivity contribution in [1.29, 1.82) is 0 Å². The van der Waals surface area contributed by atoms with E-state index in [0.717, 1.165) is 11.3 Å². The second-order valence-corrected chi connectivity index (χ2v) is 3.82. The molecule has 3 N–H and O–H groups in total. The SMILES string of the molecule is COCc1ccccc1Nc1nn(C)cc1N. The molecule has 0 unspecified atom stereocenters. The van der Waals surface area contributed by atoms with Gasteiger partial charge in [0, 0.05) is 31.6 Å². The molecular weight excluding hydrogens is 216 g/mol. The first-order valence-corrected chi connectivity index (χ1v) is 5.33. The Hall–Kier alpha value is -2.01. The molecule has 0 radical (unpaired) electrons. The summed E-state index contributed by atoms with van der Waals surface area (Å²) in [6.07, 6.45) is 1.77. The summed E-state index contributed by atoms with van der Waals surface area (Å²) >= 11 is 0. The van der Waals surface area contributed by atoms with E-state index in [2.05, 4.69) is 10.4 Å². The molecule has 2 rings (SSSR count). The summed E-state index contributed by atoms with van der Waals surface area (Å²) in [6.45, 7) is 0.551. The minimum atomic E-state index is 0.551. The van der Waals surface area contributed by atoms with Crippen LogP contribution in [0.1, 0.15) is 5.56 Å². The lowest BCUT2D eigenvalue weighted by atomic mass is 10.2. The van der Waals surface area contributed by atoms with Crippen LogP contribution in [0.5, 0.6) is 0 Å². The number of benzene rings is 1. The normalized spacial score (nSPS) is 10.5. The molecule has 0 bridgehead atoms. The fourth-order valence-electron chi connectivity index (χ4n) is 1.66. The quantitative estimate of drug-likeness (QED) is 0.845. The molecule has 2 aromatic rings. The molecule has 0 saturated carbocycles. The number of para-hydroxylation sites is 1. The lowest BCUT2D eigenvalue weighted by Gasteiger charge is -2.09. The van der Waals surface area contributed by atoms with Gasteiger partial charge in [0.15, 0.2) is 5.82 Å². The van der Waals surface area contributed by atoms with Gasteiger partial charge < -0.3 is 15.8 Å². The van der Waals surface area contributed by atoms with E-state index in [0.29, 0.717) is 18.1 Å². The van der Waals surface area contributed by atoms with Gasteiger partial charge in [-0.3, -0.25) is 4.68 Å². The predicted octanol–water partition coefficient (Wildman–Crippen LogP) is 1.89. The summed E-state index contributed by atoms with van der Waals surface area (Å²) in [4.78, 5) is 0. The fourth-order valence-corrected chi connectivity index (χ4v) is 1.66. The highest BCUT2D eigenvalue weighted by atomic mass is 16.5. The highest BCUT2D eigenvalue weighted by Crippen LogP contribution is 2.23. The van der Waals surface area contributed by atoms with Crippen LogP contribution in [-0.4, -0.2) is 16.9 Å². The summed E-state index contributed by atoms with van der Waals surface area (Å²) < 4.78 is 6.82. The van der Waals surface area contributed by atoms with Gasteiger partial charge in [-0.05, 0) is 6.07 Å². The Morgan fingerprint density at radius 2 is 2.18 bits per heavy atom. The van der Waals surface area contributed by atoms with Crippen molar-refractivity contribution in [1.82, 2.24) is 9.78 Å². The molecule has 5 nitrogen and oxygen atoms in total. The van der Waals surface area contributed by atoms with Crippen LogP contribution in [0.4, 0.5) is 17.2 Å². The molecule has 0 aliphatic carbocycles. The number of hydrogen-bond acceptors (Lipinski definition) is 4. The topological polar surface area (TPSA) is 65.1 Å². The van der Waals surface area contributed by atoms with Crippen molar-refractivity contribution in [3.8, 4) is 0 Å². The number of nitrogens with zero attached hydrogens (tertiary/aromatic N) is 2. The van der Waals surface area contributed by atoms with Crippen molar-refractivity contribution in [2.75, 3.05) is 18.2 Å². The summed E-state index contributed by atoms with van der Waals surface area (Å²) in [5.41, 5.74) is 8.49. The molecule has 0 amide bonds. The Bertz CT molecular complexity index is 507. The molecule has 1 heterocycles. The number of rotatable bonds is 4. The Morgan fingerprint density at radius 1 is 1.41 bits per heavy atom. The van der Waals surface area contributed by atoms with Gasteiger partial charge in [0.1, 0.15) is 0 Å². The summed E-state index contributed by atoms with van der Waals surface area (Å²) in [5, 5.41) is 7.46. The third-order valence-electron chi connectivity index (χ3n) is 2.43. The zero-order valence-corrected chi connectivity index (χ0v) is 9.97. The molecule has 0 aliphatic rings. The number of nitrogens with two attached hydrogens (primary N) is 1. The van der Waals surface area contributed by atoms with Crippen LogP contribution < -0.4 is 11.1 Å². The smallest absolute Gasteiger partial charge is 0.175 e. The third-order valence-corrected chi connectivity index (χ3v) is 2.43. The van der Waals surface area contributed by atoms with Crippen LogP contribution in [0.15, 0.2) is 30.5 Å². The van der Waals surface area contributed by atoms with E-state index >= 15 is 0 Å². The lowest BCUT2D eigenvalue weighted by molar-refractivity contribution is 0.185. The molecule has 0 spiro atoms. The average molecular weight is 232 g/mol. The number of aryl methyl sites for hydroxylation is 1. The average Bonchev–Trinajstić information content (AvgIpc) is 2.61. The second-order valence-electron chi connectivity index (χ2n) is 3.82. The molecule has 5 heteroatoms. The highest BCUT2D eigenvalue weighted by Gasteiger charge is 2.07. The van der Waals surface area contributed by atoms with Crippen molar-refractivity contribution >= 4 is 17.2 Å². The number of nitrogen functional groups attached to an aromatic ring is 1. The van der Waals surface area contributed by atoms with Crippen LogP contribution >= 0.6 is 0 Å². The van der Waals surface area contributed by atoms with Gasteiger partial charge in [0.2, 0.25) is 0 Å². The second kappa shape index (κ2) is 4.88. The maximum absolute atomic E-state index is 5.84. The first kappa shape index (κ1) is 11.5. The number of ether oxygens (including phenoxy) is 1. The number of anilines is 3. The van der Waals surface area contributed by atoms with Crippen molar-refractivity contribution in [2.24, 2.45) is 7.05 Å². The maximum Gasteiger partial charge on any atom is 0.175 e. The molecule has 17 heavy (non-hydrogen) atoms. The van der Waals surface area contributed by atoms with Crippen molar-refractivity contribution in [2.45, 2.75) is 6.61 Å². The van der Waals surface area contributed by atoms with Crippen LogP contribution in [0, 0.1) is 0 Å². The molecule has 0 atom stereocenters. The van der Waals surface area contributed by atoms with Crippen LogP contribution in [-0.2, 0) is 18.4 Å². The van der Waals surface area contributed by atoms with Gasteiger partial charge in [0.25, 0.3) is 0 Å². The minimum Gasteiger partial charge on any atom is -0.394 e. The molecule has 1 aromatic heterocycles. The Morgan fingerprint density at radius 3 is 2.82 bits per heavy atom. The number of aromatic nitrogens is 2. The minimum absolute atomic E-state index is 0.551. The van der Waals surface area contributed by atoms with Crippen LogP contribution in [0.2, 0.25) is 0 Å². The number of hydrogen-bond donors (Lipinski definition) is 2. The Kier molecular flexibility index (Phi) is 3.30. The predicted molar refractivity (Wildman–Crippen MR) is 68.1 cm³/mol. The van der Waals surface area contributed by atoms with E-state index in [9.17, 15) is 0 Å². The maximum atomic E-state index is 5.84. The monoisotopic (exact) mass is 232 g/mol. The van der Waals surface area contributed by atoms with E-state index in [-0.39, 0.29) is 0 Å². The van der Waals surface area contributed by atoms with Crippen LogP contribution in [0.3, 0.4) is 0 Å². The Labute approximate surface area is 100 Å². The molecule has 90 valence electrons. The van der Waals surface area contributed by atoms with Crippen molar-refractivity contribution in [3.63, 3.8) is 0 Å². The Balaban J connectivity index is 2.26. The van der Waals surface area contributed by atoms with E-state index in [1.165, 1.54) is 0 Å². The third kappa shape index (κ3) is 2.57. The molecular formula is C12H16N4O. The molecule has 1 aromatic carbocycles. The van der Waals surface area contributed by atoms with Crippen molar-refractivity contribution < 1.29 is 4.74 Å². The zero-order chi connectivity index (χ0) is 12.3. The number of nitrogens with one attached hydrogen (secondary N) is 1. The largest absolute Gasteiger partial charge is 0.394 e. The number of methoxy groups -OCH3 is 1. The summed E-state index contributed by atoms with van der Waals surface area (Å²) in [5.74, 6) is 0.663. The van der Waals surface area contributed by atoms with Gasteiger partial charge in [-0.2, -0.15) is 5.10 Å². The molecule has 0 saturated heterocycles. The van der Waals surface area contributed by atoms with Gasteiger partial charge in [-0.25, -0.2) is 0 Å². The van der Waals surface area contributed by atoms with Gasteiger partial charge in [0.05, 0.1) is 12.3 Å². The highest BCUT2D eigenvalue weighted by molar-refractivity contribution is 5.69. The van der Waals surface area contributed by atoms with Gasteiger partial charge in [-0.1, -0.05) is 18.2 Å². The van der Waals surface area contributed by atoms with E-state index in [1.54, 1.807) is 18.0 Å². The lowest BCUT2D eigenvalue weighted by Crippen LogP contribution is -2.00. The van der Waals surface area contributed by atoms with Crippen LogP contribution in [0.25, 0.3) is 0 Å². The fraction of sp³-hybridized carbons (Fsp3) is 0.250. The van der Waals surface area contributed by atoms with E-state index in [4.69, 9.17) is 10.5 Å². The zero-order valence-electron chi connectivity index (χ0n) is 9.97. The standard InChI is InChI=1S/C12H16N4O/c1-16-7-10(13)12(15-16)14-11-6-4-3-5-9(11)8-17-2/h3-7H,8,13H2,1-2H3,(H,14,15). The summed E-state index contributed by atoms with van der Waals surface area (Å²) in [6, 6.07) is 7.91. The summed E-state index contributed by atoms with van der Waals surface area (Å²) in [7, 11) is 3.51. The first-order valence-electron chi connectivity index (χ1n) is 5.33. The first-order chi connectivity index (χ1) is 8.20. The van der Waals surface area contributed by atoms with E-state index in [1.807, 2.05) is 31.3 Å². The molecule has 0 fully saturated rings. The van der Waals surface area contributed by atoms with E-state index < -0.39 is 0 Å². The van der Waals surface area contributed by atoms with Crippen molar-refractivity contribution in [3.05, 3.63) is 36.0 Å². The molecule has 0 aliphatic heterocycles. The van der Waals surface area contributed by atoms with Gasteiger partial charge >= 0.3 is 0 Å².